The second-order valence-corrected chi connectivity index (χ2v) is 9.70. The molecule has 4 aromatic rings. The molecule has 35 heavy (non-hydrogen) atoms. The summed E-state index contributed by atoms with van der Waals surface area (Å²) in [6, 6.07) is 15.5. The third-order valence-electron chi connectivity index (χ3n) is 6.89. The van der Waals surface area contributed by atoms with Crippen LogP contribution >= 0.6 is 11.6 Å². The lowest BCUT2D eigenvalue weighted by molar-refractivity contribution is 0.0919. The summed E-state index contributed by atoms with van der Waals surface area (Å²) in [7, 11) is 0. The molecule has 1 saturated carbocycles. The number of carbonyl (C=O) groups is 1. The molecule has 8 heteroatoms. The van der Waals surface area contributed by atoms with E-state index in [1.54, 1.807) is 18.5 Å². The molecule has 1 aromatic carbocycles. The summed E-state index contributed by atoms with van der Waals surface area (Å²) in [4.78, 5) is 34.7. The van der Waals surface area contributed by atoms with E-state index >= 15 is 0 Å². The highest BCUT2D eigenvalue weighted by Crippen LogP contribution is 2.27. The van der Waals surface area contributed by atoms with E-state index in [1.165, 1.54) is 0 Å². The number of para-hydroxylation sites is 2. The van der Waals surface area contributed by atoms with Crippen molar-refractivity contribution in [1.29, 1.82) is 0 Å². The number of amides is 1. The van der Waals surface area contributed by atoms with E-state index < -0.39 is 0 Å². The van der Waals surface area contributed by atoms with E-state index in [9.17, 15) is 9.59 Å². The predicted octanol–water partition coefficient (Wildman–Crippen LogP) is 4.59. The fourth-order valence-corrected chi connectivity index (χ4v) is 5.16. The third-order valence-corrected chi connectivity index (χ3v) is 7.10. The lowest BCUT2D eigenvalue weighted by Gasteiger charge is -2.29. The van der Waals surface area contributed by atoms with Gasteiger partial charge in [0.15, 0.2) is 0 Å². The monoisotopic (exact) mass is 489 g/mol. The van der Waals surface area contributed by atoms with Crippen LogP contribution in [0.5, 0.6) is 0 Å². The van der Waals surface area contributed by atoms with Gasteiger partial charge in [0, 0.05) is 25.0 Å². The van der Waals surface area contributed by atoms with Crippen molar-refractivity contribution in [2.75, 3.05) is 0 Å². The number of carbonyl (C=O) groups excluding carboxylic acids is 1. The molecular formula is C27H28ClN5O2. The topological polar surface area (TPSA) is 81.8 Å². The van der Waals surface area contributed by atoms with Gasteiger partial charge in [-0.3, -0.25) is 23.9 Å². The summed E-state index contributed by atoms with van der Waals surface area (Å²) < 4.78 is 3.72. The number of pyridine rings is 2. The van der Waals surface area contributed by atoms with Crippen LogP contribution in [-0.2, 0) is 13.1 Å². The molecule has 0 aliphatic heterocycles. The van der Waals surface area contributed by atoms with Crippen molar-refractivity contribution in [3.8, 4) is 0 Å². The maximum atomic E-state index is 13.4. The molecular weight excluding hydrogens is 462 g/mol. The minimum absolute atomic E-state index is 0.00351. The van der Waals surface area contributed by atoms with Crippen molar-refractivity contribution in [3.63, 3.8) is 0 Å². The number of halogens is 1. The lowest BCUT2D eigenvalue weighted by atomic mass is 9.85. The maximum absolute atomic E-state index is 13.4. The second-order valence-electron chi connectivity index (χ2n) is 9.27. The van der Waals surface area contributed by atoms with Crippen LogP contribution in [0.1, 0.15) is 47.4 Å². The molecule has 3 aromatic heterocycles. The normalized spacial score (nSPS) is 18.0. The minimum Gasteiger partial charge on any atom is -0.349 e. The number of nitrogens with one attached hydrogen (secondary N) is 1. The van der Waals surface area contributed by atoms with Crippen molar-refractivity contribution in [2.45, 2.75) is 51.7 Å². The molecule has 1 aliphatic carbocycles. The van der Waals surface area contributed by atoms with E-state index in [2.05, 4.69) is 15.3 Å². The van der Waals surface area contributed by atoms with Gasteiger partial charge in [-0.15, -0.1) is 0 Å². The van der Waals surface area contributed by atoms with Crippen LogP contribution < -0.4 is 11.0 Å². The summed E-state index contributed by atoms with van der Waals surface area (Å²) in [5, 5.41) is 3.60. The maximum Gasteiger partial charge on any atom is 0.329 e. The number of nitrogens with zero attached hydrogens (tertiary/aromatic N) is 4. The highest BCUT2D eigenvalue weighted by molar-refractivity contribution is 6.30. The third kappa shape index (κ3) is 5.00. The number of aryl methyl sites for hydroxylation is 1. The van der Waals surface area contributed by atoms with Crippen LogP contribution in [0.4, 0.5) is 0 Å². The number of hydrogen-bond donors (Lipinski definition) is 1. The average molecular weight is 490 g/mol. The number of rotatable bonds is 6. The van der Waals surface area contributed by atoms with Crippen LogP contribution in [0.15, 0.2) is 65.7 Å². The molecule has 1 fully saturated rings. The van der Waals surface area contributed by atoms with Crippen molar-refractivity contribution in [2.24, 2.45) is 5.92 Å². The standard InChI is InChI=1S/C27H28ClN5O2/c1-18-23(14-20(28)15-30-18)26(34)31-21-11-9-19(10-12-21)16-32-24-7-2-3-8-25(24)33(27(32)35)17-22-6-4-5-13-29-22/h2-8,13-15,19,21H,9-12,16-17H2,1H3,(H,31,34). The average Bonchev–Trinajstić information content (AvgIpc) is 3.13. The van der Waals surface area contributed by atoms with E-state index in [0.29, 0.717) is 35.3 Å². The fourth-order valence-electron chi connectivity index (χ4n) is 5.00. The summed E-state index contributed by atoms with van der Waals surface area (Å²) in [6.45, 7) is 2.93. The quantitative estimate of drug-likeness (QED) is 0.429. The van der Waals surface area contributed by atoms with Gasteiger partial charge in [0.05, 0.1) is 39.6 Å². The largest absolute Gasteiger partial charge is 0.349 e. The highest BCUT2D eigenvalue weighted by Gasteiger charge is 2.25. The summed E-state index contributed by atoms with van der Waals surface area (Å²) in [5.41, 5.74) is 3.92. The lowest BCUT2D eigenvalue weighted by Crippen LogP contribution is -2.39. The van der Waals surface area contributed by atoms with E-state index in [-0.39, 0.29) is 17.6 Å². The molecule has 1 N–H and O–H groups in total. The van der Waals surface area contributed by atoms with Crippen LogP contribution in [0.25, 0.3) is 11.0 Å². The Labute approximate surface area is 208 Å². The first-order valence-electron chi connectivity index (χ1n) is 12.0. The number of benzene rings is 1. The molecule has 1 amide bonds. The molecule has 0 atom stereocenters. The van der Waals surface area contributed by atoms with Crippen molar-refractivity contribution in [1.82, 2.24) is 24.4 Å². The Balaban J connectivity index is 1.27. The van der Waals surface area contributed by atoms with Crippen molar-refractivity contribution >= 4 is 28.5 Å². The zero-order chi connectivity index (χ0) is 24.4. The zero-order valence-corrected chi connectivity index (χ0v) is 20.4. The zero-order valence-electron chi connectivity index (χ0n) is 19.7. The smallest absolute Gasteiger partial charge is 0.329 e. The number of hydrogen-bond acceptors (Lipinski definition) is 4. The van der Waals surface area contributed by atoms with Gasteiger partial charge in [-0.1, -0.05) is 29.8 Å². The molecule has 1 aliphatic rings. The molecule has 0 saturated heterocycles. The molecule has 0 spiro atoms. The summed E-state index contributed by atoms with van der Waals surface area (Å²) in [6.07, 6.45) is 6.96. The SMILES string of the molecule is Cc1ncc(Cl)cc1C(=O)NC1CCC(Cn2c(=O)n(Cc3ccccn3)c3ccccc32)CC1. The van der Waals surface area contributed by atoms with Crippen LogP contribution in [-0.4, -0.2) is 31.1 Å². The molecule has 0 bridgehead atoms. The molecule has 5 rings (SSSR count). The van der Waals surface area contributed by atoms with Gasteiger partial charge in [0.1, 0.15) is 0 Å². The van der Waals surface area contributed by atoms with Crippen LogP contribution in [0, 0.1) is 12.8 Å². The molecule has 7 nitrogen and oxygen atoms in total. The number of fused-ring (bicyclic) bond motifs is 1. The van der Waals surface area contributed by atoms with Gasteiger partial charge in [0.25, 0.3) is 5.91 Å². The Morgan fingerprint density at radius 2 is 1.74 bits per heavy atom. The second kappa shape index (κ2) is 10.0. The Morgan fingerprint density at radius 3 is 2.46 bits per heavy atom. The number of aromatic nitrogens is 4. The Kier molecular flexibility index (Phi) is 6.68. The first-order valence-corrected chi connectivity index (χ1v) is 12.4. The van der Waals surface area contributed by atoms with Gasteiger partial charge in [-0.05, 0) is 68.9 Å². The molecule has 0 radical (unpaired) electrons. The first-order chi connectivity index (χ1) is 17.0. The van der Waals surface area contributed by atoms with Crippen LogP contribution in [0.3, 0.4) is 0 Å². The van der Waals surface area contributed by atoms with Gasteiger partial charge in [-0.25, -0.2) is 4.79 Å². The van der Waals surface area contributed by atoms with E-state index in [4.69, 9.17) is 11.6 Å². The Hall–Kier alpha value is -3.45. The minimum atomic E-state index is -0.130. The Bertz CT molecular complexity index is 1400. The Morgan fingerprint density at radius 1 is 1.03 bits per heavy atom. The van der Waals surface area contributed by atoms with Gasteiger partial charge in [-0.2, -0.15) is 0 Å². The molecule has 3 heterocycles. The van der Waals surface area contributed by atoms with Crippen LogP contribution in [0.2, 0.25) is 5.02 Å². The van der Waals surface area contributed by atoms with Gasteiger partial charge in [0.2, 0.25) is 0 Å². The van der Waals surface area contributed by atoms with E-state index in [1.807, 2.05) is 58.5 Å². The molecule has 180 valence electrons. The van der Waals surface area contributed by atoms with Crippen molar-refractivity contribution < 1.29 is 4.79 Å². The van der Waals surface area contributed by atoms with Gasteiger partial charge >= 0.3 is 5.69 Å². The fraction of sp³-hybridized carbons (Fsp3) is 0.333. The predicted molar refractivity (Wildman–Crippen MR) is 137 cm³/mol. The first kappa shape index (κ1) is 23.3. The molecule has 0 unspecified atom stereocenters. The van der Waals surface area contributed by atoms with Gasteiger partial charge < -0.3 is 5.32 Å². The number of imidazole rings is 1. The van der Waals surface area contributed by atoms with E-state index in [0.717, 1.165) is 42.4 Å². The highest BCUT2D eigenvalue weighted by atomic mass is 35.5. The van der Waals surface area contributed by atoms with Crippen molar-refractivity contribution in [3.05, 3.63) is 93.4 Å². The summed E-state index contributed by atoms with van der Waals surface area (Å²) in [5.74, 6) is 0.249. The summed E-state index contributed by atoms with van der Waals surface area (Å²) >= 11 is 6.03.